The topological polar surface area (TPSA) is 81.3 Å². The summed E-state index contributed by atoms with van der Waals surface area (Å²) in [5.41, 5.74) is 0.403. The number of methoxy groups -OCH3 is 1. The van der Waals surface area contributed by atoms with E-state index in [9.17, 15) is 9.59 Å². The Balaban J connectivity index is 2.40. The van der Waals surface area contributed by atoms with Gasteiger partial charge in [-0.05, 0) is 12.5 Å². The summed E-state index contributed by atoms with van der Waals surface area (Å²) in [7, 11) is 1.54. The first kappa shape index (κ1) is 14.7. The molecule has 0 saturated carbocycles. The Morgan fingerprint density at radius 2 is 2.15 bits per heavy atom. The van der Waals surface area contributed by atoms with Gasteiger partial charge < -0.3 is 14.5 Å². The number of ether oxygens (including phenoxy) is 2. The molecule has 0 aliphatic carbocycles. The first-order valence-electron chi connectivity index (χ1n) is 6.26. The molecule has 0 aliphatic heterocycles. The number of nitrogens with zero attached hydrogens (tertiary/aromatic N) is 1. The highest BCUT2D eigenvalue weighted by atomic mass is 32.1. The molecule has 2 rings (SSSR count). The van der Waals surface area contributed by atoms with E-state index >= 15 is 0 Å². The molecule has 1 N–H and O–H groups in total. The molecule has 0 amide bonds. The van der Waals surface area contributed by atoms with E-state index < -0.39 is 5.97 Å². The molecule has 0 spiro atoms. The van der Waals surface area contributed by atoms with Crippen LogP contribution < -0.4 is 5.56 Å². The molecule has 2 aromatic heterocycles. The van der Waals surface area contributed by atoms with Gasteiger partial charge in [-0.3, -0.25) is 4.79 Å². The number of carbonyl (C=O) groups excluding carboxylic acids is 1. The third-order valence-electron chi connectivity index (χ3n) is 2.89. The minimum Gasteiger partial charge on any atom is -0.459 e. The Morgan fingerprint density at radius 3 is 2.80 bits per heavy atom. The Kier molecular flexibility index (Phi) is 4.51. The van der Waals surface area contributed by atoms with E-state index in [4.69, 9.17) is 9.47 Å². The van der Waals surface area contributed by atoms with Gasteiger partial charge in [0.05, 0.1) is 12.0 Å². The maximum absolute atomic E-state index is 12.0. The number of esters is 1. The zero-order valence-corrected chi connectivity index (χ0v) is 12.4. The largest absolute Gasteiger partial charge is 0.459 e. The van der Waals surface area contributed by atoms with Gasteiger partial charge in [0.2, 0.25) is 0 Å². The number of rotatable bonds is 5. The molecular formula is C13H16N2O4S. The SMILES string of the molecule is CCc1nc2sc(C(=O)OCCOC)c(C)c2c(=O)[nH]1. The van der Waals surface area contributed by atoms with Crippen molar-refractivity contribution in [2.24, 2.45) is 0 Å². The minimum absolute atomic E-state index is 0.188. The highest BCUT2D eigenvalue weighted by Crippen LogP contribution is 2.27. The van der Waals surface area contributed by atoms with Crippen molar-refractivity contribution in [3.05, 3.63) is 26.6 Å². The van der Waals surface area contributed by atoms with Crippen molar-refractivity contribution in [2.75, 3.05) is 20.3 Å². The van der Waals surface area contributed by atoms with E-state index in [0.717, 1.165) is 0 Å². The second-order valence-corrected chi connectivity index (χ2v) is 5.23. The van der Waals surface area contributed by atoms with E-state index in [-0.39, 0.29) is 12.2 Å². The maximum Gasteiger partial charge on any atom is 0.348 e. The van der Waals surface area contributed by atoms with Crippen molar-refractivity contribution < 1.29 is 14.3 Å². The maximum atomic E-state index is 12.0. The fourth-order valence-corrected chi connectivity index (χ4v) is 2.93. The van der Waals surface area contributed by atoms with Gasteiger partial charge in [0.1, 0.15) is 22.1 Å². The number of fused-ring (bicyclic) bond motifs is 1. The molecule has 6 nitrogen and oxygen atoms in total. The van der Waals surface area contributed by atoms with Crippen molar-refractivity contribution >= 4 is 27.5 Å². The second-order valence-electron chi connectivity index (χ2n) is 4.23. The fourth-order valence-electron chi connectivity index (χ4n) is 1.83. The van der Waals surface area contributed by atoms with Crippen LogP contribution in [0.1, 0.15) is 28.0 Å². The number of aryl methyl sites for hydroxylation is 2. The Morgan fingerprint density at radius 1 is 1.40 bits per heavy atom. The van der Waals surface area contributed by atoms with Crippen LogP contribution >= 0.6 is 11.3 Å². The van der Waals surface area contributed by atoms with E-state index in [1.54, 1.807) is 6.92 Å². The van der Waals surface area contributed by atoms with E-state index in [2.05, 4.69) is 9.97 Å². The number of H-pyrrole nitrogens is 1. The van der Waals surface area contributed by atoms with Crippen LogP contribution in [-0.4, -0.2) is 36.3 Å². The summed E-state index contributed by atoms with van der Waals surface area (Å²) < 4.78 is 9.91. The lowest BCUT2D eigenvalue weighted by Gasteiger charge is -2.02. The molecule has 20 heavy (non-hydrogen) atoms. The predicted octanol–water partition coefficient (Wildman–Crippen LogP) is 1.66. The van der Waals surface area contributed by atoms with Crippen LogP contribution in [0.15, 0.2) is 4.79 Å². The summed E-state index contributed by atoms with van der Waals surface area (Å²) in [6.07, 6.45) is 0.635. The molecule has 0 bridgehead atoms. The van der Waals surface area contributed by atoms with Crippen molar-refractivity contribution in [1.82, 2.24) is 9.97 Å². The van der Waals surface area contributed by atoms with E-state index in [0.29, 0.717) is 39.5 Å². The molecule has 0 fully saturated rings. The molecule has 0 unspecified atom stereocenters. The first-order valence-corrected chi connectivity index (χ1v) is 7.08. The Labute approximate surface area is 119 Å². The number of hydrogen-bond acceptors (Lipinski definition) is 6. The van der Waals surface area contributed by atoms with Gasteiger partial charge >= 0.3 is 5.97 Å². The molecular weight excluding hydrogens is 280 g/mol. The zero-order valence-electron chi connectivity index (χ0n) is 11.6. The summed E-state index contributed by atoms with van der Waals surface area (Å²) in [5, 5.41) is 0.464. The van der Waals surface area contributed by atoms with Crippen molar-refractivity contribution in [2.45, 2.75) is 20.3 Å². The number of aromatic amines is 1. The second kappa shape index (κ2) is 6.15. The minimum atomic E-state index is -0.444. The van der Waals surface area contributed by atoms with Crippen LogP contribution in [-0.2, 0) is 15.9 Å². The Hall–Kier alpha value is -1.73. The van der Waals surface area contributed by atoms with Crippen LogP contribution in [0.4, 0.5) is 0 Å². The van der Waals surface area contributed by atoms with Crippen molar-refractivity contribution in [3.63, 3.8) is 0 Å². The lowest BCUT2D eigenvalue weighted by molar-refractivity contribution is 0.0393. The third kappa shape index (κ3) is 2.73. The van der Waals surface area contributed by atoms with Crippen molar-refractivity contribution in [1.29, 1.82) is 0 Å². The average Bonchev–Trinajstić information content (AvgIpc) is 2.76. The fraction of sp³-hybridized carbons (Fsp3) is 0.462. The number of aromatic nitrogens is 2. The molecule has 2 heterocycles. The molecule has 0 radical (unpaired) electrons. The summed E-state index contributed by atoms with van der Waals surface area (Å²) in [4.78, 5) is 32.0. The van der Waals surface area contributed by atoms with Gasteiger partial charge in [-0.15, -0.1) is 11.3 Å². The van der Waals surface area contributed by atoms with Gasteiger partial charge in [-0.25, -0.2) is 9.78 Å². The molecule has 108 valence electrons. The van der Waals surface area contributed by atoms with Crippen LogP contribution in [0.5, 0.6) is 0 Å². The molecule has 7 heteroatoms. The number of thiophene rings is 1. The number of nitrogens with one attached hydrogen (secondary N) is 1. The van der Waals surface area contributed by atoms with Gasteiger partial charge in [0.25, 0.3) is 5.56 Å². The molecule has 2 aromatic rings. The smallest absolute Gasteiger partial charge is 0.348 e. The first-order chi connectivity index (χ1) is 9.58. The van der Waals surface area contributed by atoms with E-state index in [1.807, 2.05) is 6.92 Å². The molecule has 0 saturated heterocycles. The van der Waals surface area contributed by atoms with Crippen molar-refractivity contribution in [3.8, 4) is 0 Å². The zero-order chi connectivity index (χ0) is 14.7. The van der Waals surface area contributed by atoms with Crippen LogP contribution in [0.25, 0.3) is 10.2 Å². The van der Waals surface area contributed by atoms with Crippen LogP contribution in [0.2, 0.25) is 0 Å². The lowest BCUT2D eigenvalue weighted by atomic mass is 10.2. The highest BCUT2D eigenvalue weighted by Gasteiger charge is 2.20. The summed E-state index contributed by atoms with van der Waals surface area (Å²) in [6.45, 7) is 4.17. The Bertz CT molecular complexity index is 689. The molecule has 0 atom stereocenters. The van der Waals surface area contributed by atoms with Gasteiger partial charge in [-0.1, -0.05) is 6.92 Å². The van der Waals surface area contributed by atoms with Gasteiger partial charge in [-0.2, -0.15) is 0 Å². The third-order valence-corrected chi connectivity index (χ3v) is 4.06. The van der Waals surface area contributed by atoms with Crippen LogP contribution in [0.3, 0.4) is 0 Å². The monoisotopic (exact) mass is 296 g/mol. The normalized spacial score (nSPS) is 10.9. The lowest BCUT2D eigenvalue weighted by Crippen LogP contribution is -2.12. The van der Waals surface area contributed by atoms with Gasteiger partial charge in [0.15, 0.2) is 0 Å². The molecule has 0 aromatic carbocycles. The number of hydrogen-bond donors (Lipinski definition) is 1. The molecule has 0 aliphatic rings. The standard InChI is InChI=1S/C13H16N2O4S/c1-4-8-14-11(16)9-7(2)10(20-12(9)15-8)13(17)19-6-5-18-3/h4-6H2,1-3H3,(H,14,15,16). The summed E-state index contributed by atoms with van der Waals surface area (Å²) in [6, 6.07) is 0. The predicted molar refractivity (Wildman–Crippen MR) is 76.5 cm³/mol. The summed E-state index contributed by atoms with van der Waals surface area (Å²) in [5.74, 6) is 0.169. The number of carbonyl (C=O) groups is 1. The quantitative estimate of drug-likeness (QED) is 0.670. The van der Waals surface area contributed by atoms with E-state index in [1.165, 1.54) is 18.4 Å². The summed E-state index contributed by atoms with van der Waals surface area (Å²) >= 11 is 1.19. The van der Waals surface area contributed by atoms with Gasteiger partial charge in [0, 0.05) is 13.5 Å². The highest BCUT2D eigenvalue weighted by molar-refractivity contribution is 7.20. The average molecular weight is 296 g/mol. The van der Waals surface area contributed by atoms with Crippen LogP contribution in [0, 0.1) is 6.92 Å².